The van der Waals surface area contributed by atoms with Crippen LogP contribution in [0.5, 0.6) is 0 Å². The van der Waals surface area contributed by atoms with Gasteiger partial charge in [-0.05, 0) is 19.1 Å². The minimum Gasteiger partial charge on any atom is -0.549 e. The molecule has 0 saturated heterocycles. The number of carbonyl (C=O) groups excluding carboxylic acids is 3. The van der Waals surface area contributed by atoms with Gasteiger partial charge in [-0.3, -0.25) is 9.59 Å². The summed E-state index contributed by atoms with van der Waals surface area (Å²) in [5.74, 6) is -2.13. The second kappa shape index (κ2) is 5.50. The van der Waals surface area contributed by atoms with E-state index in [4.69, 9.17) is 0 Å². The van der Waals surface area contributed by atoms with E-state index < -0.39 is 23.0 Å². The van der Waals surface area contributed by atoms with Crippen LogP contribution in [0.15, 0.2) is 28.6 Å². The van der Waals surface area contributed by atoms with Crippen LogP contribution in [0.4, 0.5) is 5.13 Å². The number of carboxylic acids is 1. The van der Waals surface area contributed by atoms with Crippen molar-refractivity contribution in [2.24, 2.45) is 0 Å². The first kappa shape index (κ1) is 14.7. The maximum atomic E-state index is 12.3. The van der Waals surface area contributed by atoms with Crippen LogP contribution in [-0.2, 0) is 4.79 Å². The van der Waals surface area contributed by atoms with E-state index in [9.17, 15) is 19.5 Å². The van der Waals surface area contributed by atoms with E-state index in [1.165, 1.54) is 6.92 Å². The van der Waals surface area contributed by atoms with Gasteiger partial charge in [0.15, 0.2) is 4.34 Å². The normalized spacial score (nSPS) is 15.0. The zero-order chi connectivity index (χ0) is 15.9. The summed E-state index contributed by atoms with van der Waals surface area (Å²) in [6, 6.07) is 6.50. The number of nitrogens with zero attached hydrogens (tertiary/aromatic N) is 3. The molecule has 3 rings (SSSR count). The van der Waals surface area contributed by atoms with Crippen LogP contribution in [0.3, 0.4) is 0 Å². The molecule has 0 bridgehead atoms. The largest absolute Gasteiger partial charge is 0.549 e. The number of fused-ring (bicyclic) bond motifs is 1. The van der Waals surface area contributed by atoms with Crippen molar-refractivity contribution in [1.82, 2.24) is 10.2 Å². The molecule has 7 nitrogen and oxygen atoms in total. The SMILES string of the molecule is CC(Sc1nnc(N2C(=O)c3ccccc3C2=O)s1)C(=O)[O-]. The molecule has 0 spiro atoms. The number of hydrogen-bond donors (Lipinski definition) is 0. The van der Waals surface area contributed by atoms with Crippen LogP contribution in [0, 0.1) is 0 Å². The van der Waals surface area contributed by atoms with E-state index in [2.05, 4.69) is 10.2 Å². The predicted octanol–water partition coefficient (Wildman–Crippen LogP) is 0.569. The first-order valence-electron chi connectivity index (χ1n) is 6.18. The molecule has 0 aliphatic carbocycles. The van der Waals surface area contributed by atoms with Gasteiger partial charge in [-0.2, -0.15) is 0 Å². The lowest BCUT2D eigenvalue weighted by Crippen LogP contribution is -2.31. The molecule has 2 heterocycles. The van der Waals surface area contributed by atoms with E-state index in [1.54, 1.807) is 24.3 Å². The smallest absolute Gasteiger partial charge is 0.268 e. The minimum atomic E-state index is -1.22. The van der Waals surface area contributed by atoms with Crippen LogP contribution < -0.4 is 10.0 Å². The van der Waals surface area contributed by atoms with E-state index >= 15 is 0 Å². The van der Waals surface area contributed by atoms with Crippen LogP contribution in [0.25, 0.3) is 0 Å². The highest BCUT2D eigenvalue weighted by atomic mass is 32.2. The maximum absolute atomic E-state index is 12.3. The number of amides is 2. The number of rotatable bonds is 4. The quantitative estimate of drug-likeness (QED) is 0.457. The van der Waals surface area contributed by atoms with Crippen molar-refractivity contribution in [2.75, 3.05) is 4.90 Å². The average Bonchev–Trinajstić information content (AvgIpc) is 3.03. The number of carboxylic acid groups (broad SMARTS) is 1. The molecule has 0 radical (unpaired) electrons. The predicted molar refractivity (Wildman–Crippen MR) is 77.8 cm³/mol. The third kappa shape index (κ3) is 2.38. The monoisotopic (exact) mass is 334 g/mol. The Morgan fingerprint density at radius 1 is 1.23 bits per heavy atom. The van der Waals surface area contributed by atoms with Crippen LogP contribution in [-0.4, -0.2) is 33.2 Å². The zero-order valence-corrected chi connectivity index (χ0v) is 12.8. The Bertz CT molecular complexity index is 754. The summed E-state index contributed by atoms with van der Waals surface area (Å²) < 4.78 is 0.350. The molecule has 0 fully saturated rings. The number of thioether (sulfide) groups is 1. The van der Waals surface area contributed by atoms with Gasteiger partial charge in [0.1, 0.15) is 0 Å². The molecule has 1 aliphatic rings. The first-order valence-corrected chi connectivity index (χ1v) is 7.87. The van der Waals surface area contributed by atoms with Gasteiger partial charge in [-0.1, -0.05) is 35.2 Å². The number of aliphatic carboxylic acids is 1. The number of hydrogen-bond acceptors (Lipinski definition) is 8. The van der Waals surface area contributed by atoms with Gasteiger partial charge in [0.05, 0.1) is 17.1 Å². The van der Waals surface area contributed by atoms with Crippen molar-refractivity contribution < 1.29 is 19.5 Å². The van der Waals surface area contributed by atoms with E-state index in [1.807, 2.05) is 0 Å². The zero-order valence-electron chi connectivity index (χ0n) is 11.2. The Balaban J connectivity index is 1.88. The summed E-state index contributed by atoms with van der Waals surface area (Å²) in [6.07, 6.45) is 0. The van der Waals surface area contributed by atoms with Gasteiger partial charge in [0.2, 0.25) is 5.13 Å². The van der Waals surface area contributed by atoms with Crippen molar-refractivity contribution in [3.8, 4) is 0 Å². The highest BCUT2D eigenvalue weighted by Gasteiger charge is 2.38. The van der Waals surface area contributed by atoms with Gasteiger partial charge >= 0.3 is 0 Å². The number of carbonyl (C=O) groups is 3. The van der Waals surface area contributed by atoms with Gasteiger partial charge < -0.3 is 9.90 Å². The van der Waals surface area contributed by atoms with Crippen molar-refractivity contribution in [3.05, 3.63) is 35.4 Å². The molecule has 9 heteroatoms. The minimum absolute atomic E-state index is 0.124. The Morgan fingerprint density at radius 2 is 1.82 bits per heavy atom. The molecule has 0 saturated carbocycles. The number of anilines is 1. The third-order valence-corrected chi connectivity index (χ3v) is 5.06. The van der Waals surface area contributed by atoms with E-state index in [0.717, 1.165) is 28.0 Å². The van der Waals surface area contributed by atoms with Crippen LogP contribution in [0.1, 0.15) is 27.6 Å². The van der Waals surface area contributed by atoms with Crippen LogP contribution >= 0.6 is 23.1 Å². The molecular weight excluding hydrogens is 326 g/mol. The lowest BCUT2D eigenvalue weighted by Gasteiger charge is -2.09. The van der Waals surface area contributed by atoms with Gasteiger partial charge in [0, 0.05) is 5.25 Å². The number of imide groups is 1. The second-order valence-corrected chi connectivity index (χ2v) is 6.96. The van der Waals surface area contributed by atoms with E-state index in [-0.39, 0.29) is 5.13 Å². The fraction of sp³-hybridized carbons (Fsp3) is 0.154. The summed E-state index contributed by atoms with van der Waals surface area (Å²) >= 11 is 1.94. The highest BCUT2D eigenvalue weighted by Crippen LogP contribution is 2.34. The Kier molecular flexibility index (Phi) is 3.67. The molecule has 112 valence electrons. The fourth-order valence-electron chi connectivity index (χ4n) is 1.90. The number of aromatic nitrogens is 2. The molecule has 1 atom stereocenters. The molecule has 2 aromatic rings. The topological polar surface area (TPSA) is 103 Å². The Hall–Kier alpha value is -2.26. The highest BCUT2D eigenvalue weighted by molar-refractivity contribution is 8.02. The summed E-state index contributed by atoms with van der Waals surface area (Å²) in [5, 5.41) is 17.7. The molecule has 1 aromatic heterocycles. The Labute approximate surface area is 133 Å². The lowest BCUT2D eigenvalue weighted by atomic mass is 10.1. The molecular formula is C13H8N3O4S2-. The molecule has 2 amide bonds. The van der Waals surface area contributed by atoms with Crippen molar-refractivity contribution in [3.63, 3.8) is 0 Å². The second-order valence-electron chi connectivity index (χ2n) is 4.42. The first-order chi connectivity index (χ1) is 10.5. The van der Waals surface area contributed by atoms with Gasteiger partial charge in [0.25, 0.3) is 11.8 Å². The summed E-state index contributed by atoms with van der Waals surface area (Å²) in [5.41, 5.74) is 0.639. The summed E-state index contributed by atoms with van der Waals surface area (Å²) in [6.45, 7) is 1.46. The molecule has 1 aromatic carbocycles. The molecule has 22 heavy (non-hydrogen) atoms. The van der Waals surface area contributed by atoms with Crippen LogP contribution in [0.2, 0.25) is 0 Å². The van der Waals surface area contributed by atoms with Gasteiger partial charge in [-0.15, -0.1) is 10.2 Å². The third-order valence-electron chi connectivity index (χ3n) is 2.99. The molecule has 1 aliphatic heterocycles. The Morgan fingerprint density at radius 3 is 2.36 bits per heavy atom. The standard InChI is InChI=1S/C13H9N3O4S2/c1-6(11(19)20)21-13-15-14-12(22-13)16-9(17)7-4-2-3-5-8(7)10(16)18/h2-6H,1H3,(H,19,20)/p-1. The molecule has 0 N–H and O–H groups in total. The fourth-order valence-corrected chi connectivity index (χ4v) is 3.82. The summed E-state index contributed by atoms with van der Waals surface area (Å²) in [7, 11) is 0. The summed E-state index contributed by atoms with van der Waals surface area (Å²) in [4.78, 5) is 36.2. The van der Waals surface area contributed by atoms with Crippen molar-refractivity contribution in [2.45, 2.75) is 16.5 Å². The molecule has 1 unspecified atom stereocenters. The number of benzene rings is 1. The van der Waals surface area contributed by atoms with Crippen molar-refractivity contribution in [1.29, 1.82) is 0 Å². The van der Waals surface area contributed by atoms with Crippen molar-refractivity contribution >= 4 is 46.0 Å². The lowest BCUT2D eigenvalue weighted by molar-refractivity contribution is -0.304. The maximum Gasteiger partial charge on any atom is 0.268 e. The average molecular weight is 334 g/mol. The van der Waals surface area contributed by atoms with Gasteiger partial charge in [-0.25, -0.2) is 4.90 Å². The van der Waals surface area contributed by atoms with E-state index in [0.29, 0.717) is 15.5 Å².